The Bertz CT molecular complexity index is 668. The van der Waals surface area contributed by atoms with Crippen LogP contribution in [0.5, 0.6) is 0 Å². The number of aryl methyl sites for hydroxylation is 1. The topological polar surface area (TPSA) is 94.3 Å². The van der Waals surface area contributed by atoms with E-state index >= 15 is 0 Å². The number of furan rings is 1. The summed E-state index contributed by atoms with van der Waals surface area (Å²) in [4.78, 5) is 16.7. The first-order valence-corrected chi connectivity index (χ1v) is 7.53. The second-order valence-corrected chi connectivity index (χ2v) is 6.12. The van der Waals surface area contributed by atoms with Crippen molar-refractivity contribution in [1.82, 2.24) is 10.3 Å². The molecular weight excluding hydrogens is 353 g/mol. The van der Waals surface area contributed by atoms with E-state index in [1.807, 2.05) is 6.92 Å². The number of amides is 1. The Hall–Kier alpha value is -1.50. The summed E-state index contributed by atoms with van der Waals surface area (Å²) < 4.78 is 10.8. The summed E-state index contributed by atoms with van der Waals surface area (Å²) in [6.07, 6.45) is 3.99. The zero-order valence-corrected chi connectivity index (χ0v) is 15.3. The van der Waals surface area contributed by atoms with Crippen LogP contribution in [0, 0.1) is 12.8 Å². The molecule has 1 unspecified atom stereocenters. The lowest BCUT2D eigenvalue weighted by atomic mass is 9.95. The van der Waals surface area contributed by atoms with Crippen molar-refractivity contribution in [3.63, 3.8) is 0 Å². The van der Waals surface area contributed by atoms with Crippen molar-refractivity contribution in [2.45, 2.75) is 38.6 Å². The fourth-order valence-corrected chi connectivity index (χ4v) is 2.65. The Morgan fingerprint density at radius 1 is 1.46 bits per heavy atom. The normalized spacial score (nSPS) is 15.8. The number of halogens is 2. The molecule has 24 heavy (non-hydrogen) atoms. The van der Waals surface area contributed by atoms with Crippen molar-refractivity contribution in [2.75, 3.05) is 6.54 Å². The van der Waals surface area contributed by atoms with Crippen molar-refractivity contribution in [3.8, 4) is 11.7 Å². The Morgan fingerprint density at radius 3 is 2.71 bits per heavy atom. The molecule has 3 N–H and O–H groups in total. The minimum Gasteiger partial charge on any atom is -0.459 e. The van der Waals surface area contributed by atoms with Gasteiger partial charge < -0.3 is 19.9 Å². The minimum atomic E-state index is -0.321. The SMILES string of the molecule is Cc1oc(-c2ccco2)nc1CC(=O)NC(C)(CN)C1CC1.Cl.Cl. The zero-order valence-electron chi connectivity index (χ0n) is 13.7. The van der Waals surface area contributed by atoms with E-state index in [2.05, 4.69) is 10.3 Å². The van der Waals surface area contributed by atoms with Crippen LogP contribution in [0.4, 0.5) is 0 Å². The van der Waals surface area contributed by atoms with Gasteiger partial charge in [-0.05, 0) is 44.7 Å². The maximum atomic E-state index is 12.3. The molecule has 1 saturated carbocycles. The van der Waals surface area contributed by atoms with Crippen LogP contribution in [0.2, 0.25) is 0 Å². The van der Waals surface area contributed by atoms with Crippen LogP contribution in [0.15, 0.2) is 27.2 Å². The van der Waals surface area contributed by atoms with Gasteiger partial charge in [-0.15, -0.1) is 24.8 Å². The highest BCUT2D eigenvalue weighted by Gasteiger charge is 2.41. The van der Waals surface area contributed by atoms with Gasteiger partial charge in [-0.2, -0.15) is 0 Å². The molecular formula is C16H23Cl2N3O3. The zero-order chi connectivity index (χ0) is 15.7. The number of aromatic nitrogens is 1. The lowest BCUT2D eigenvalue weighted by Gasteiger charge is -2.29. The summed E-state index contributed by atoms with van der Waals surface area (Å²) in [6.45, 7) is 4.25. The van der Waals surface area contributed by atoms with E-state index in [0.29, 0.717) is 35.6 Å². The summed E-state index contributed by atoms with van der Waals surface area (Å²) in [5.41, 5.74) is 6.13. The molecule has 1 aliphatic carbocycles. The molecule has 0 aliphatic heterocycles. The van der Waals surface area contributed by atoms with E-state index in [0.717, 1.165) is 12.8 Å². The molecule has 2 aromatic heterocycles. The number of carbonyl (C=O) groups is 1. The van der Waals surface area contributed by atoms with Crippen LogP contribution < -0.4 is 11.1 Å². The highest BCUT2D eigenvalue weighted by atomic mass is 35.5. The molecule has 1 aliphatic rings. The smallest absolute Gasteiger partial charge is 0.263 e. The average molecular weight is 376 g/mol. The summed E-state index contributed by atoms with van der Waals surface area (Å²) in [7, 11) is 0. The maximum absolute atomic E-state index is 12.3. The van der Waals surface area contributed by atoms with Gasteiger partial charge in [0.05, 0.1) is 23.9 Å². The van der Waals surface area contributed by atoms with Crippen molar-refractivity contribution in [2.24, 2.45) is 11.7 Å². The van der Waals surface area contributed by atoms with Crippen molar-refractivity contribution in [1.29, 1.82) is 0 Å². The van der Waals surface area contributed by atoms with Gasteiger partial charge in [0.15, 0.2) is 5.76 Å². The molecule has 8 heteroatoms. The first-order chi connectivity index (χ1) is 10.5. The highest BCUT2D eigenvalue weighted by Crippen LogP contribution is 2.39. The van der Waals surface area contributed by atoms with E-state index in [9.17, 15) is 4.79 Å². The number of nitrogens with one attached hydrogen (secondary N) is 1. The van der Waals surface area contributed by atoms with Gasteiger partial charge in [0, 0.05) is 6.54 Å². The molecule has 0 aromatic carbocycles. The van der Waals surface area contributed by atoms with E-state index in [1.54, 1.807) is 25.3 Å². The fourth-order valence-electron chi connectivity index (χ4n) is 2.65. The summed E-state index contributed by atoms with van der Waals surface area (Å²) in [5.74, 6) is 1.98. The molecule has 1 fully saturated rings. The van der Waals surface area contributed by atoms with Gasteiger partial charge in [-0.3, -0.25) is 4.79 Å². The third kappa shape index (κ3) is 4.32. The molecule has 2 heterocycles. The third-order valence-corrected chi connectivity index (χ3v) is 4.28. The molecule has 0 spiro atoms. The number of carbonyl (C=O) groups excluding carboxylic acids is 1. The molecule has 0 saturated heterocycles. The Kier molecular flexibility index (Phi) is 6.89. The van der Waals surface area contributed by atoms with Crippen LogP contribution in [0.25, 0.3) is 11.7 Å². The van der Waals surface area contributed by atoms with Gasteiger partial charge in [0.1, 0.15) is 5.76 Å². The first kappa shape index (κ1) is 20.5. The van der Waals surface area contributed by atoms with E-state index in [4.69, 9.17) is 14.6 Å². The second kappa shape index (κ2) is 8.05. The highest BCUT2D eigenvalue weighted by molar-refractivity contribution is 5.85. The van der Waals surface area contributed by atoms with Crippen LogP contribution >= 0.6 is 24.8 Å². The quantitative estimate of drug-likeness (QED) is 0.809. The van der Waals surface area contributed by atoms with Crippen molar-refractivity contribution in [3.05, 3.63) is 29.9 Å². The second-order valence-electron chi connectivity index (χ2n) is 6.12. The number of nitrogens with zero attached hydrogens (tertiary/aromatic N) is 1. The lowest BCUT2D eigenvalue weighted by Crippen LogP contribution is -2.53. The third-order valence-electron chi connectivity index (χ3n) is 4.28. The van der Waals surface area contributed by atoms with Crippen LogP contribution in [-0.4, -0.2) is 23.0 Å². The van der Waals surface area contributed by atoms with Gasteiger partial charge >= 0.3 is 0 Å². The molecule has 134 valence electrons. The molecule has 2 aromatic rings. The Morgan fingerprint density at radius 2 is 2.17 bits per heavy atom. The molecule has 0 bridgehead atoms. The van der Waals surface area contributed by atoms with E-state index in [-0.39, 0.29) is 42.7 Å². The van der Waals surface area contributed by atoms with Crippen molar-refractivity contribution < 1.29 is 13.6 Å². The first-order valence-electron chi connectivity index (χ1n) is 7.53. The van der Waals surface area contributed by atoms with E-state index < -0.39 is 0 Å². The van der Waals surface area contributed by atoms with Crippen LogP contribution in [-0.2, 0) is 11.2 Å². The van der Waals surface area contributed by atoms with Gasteiger partial charge in [0.25, 0.3) is 5.89 Å². The van der Waals surface area contributed by atoms with Gasteiger partial charge in [-0.1, -0.05) is 0 Å². The molecule has 3 rings (SSSR count). The minimum absolute atomic E-state index is 0. The van der Waals surface area contributed by atoms with Crippen LogP contribution in [0.3, 0.4) is 0 Å². The number of oxazole rings is 1. The van der Waals surface area contributed by atoms with Gasteiger partial charge in [0.2, 0.25) is 5.91 Å². The average Bonchev–Trinajstić information content (AvgIpc) is 3.10. The molecule has 0 radical (unpaired) electrons. The predicted molar refractivity (Wildman–Crippen MR) is 95.5 cm³/mol. The lowest BCUT2D eigenvalue weighted by molar-refractivity contribution is -0.122. The molecule has 1 atom stereocenters. The number of hydrogen-bond donors (Lipinski definition) is 2. The van der Waals surface area contributed by atoms with Gasteiger partial charge in [-0.25, -0.2) is 4.98 Å². The number of rotatable bonds is 6. The molecule has 6 nitrogen and oxygen atoms in total. The Balaban J connectivity index is 0.00000144. The van der Waals surface area contributed by atoms with Crippen LogP contribution in [0.1, 0.15) is 31.2 Å². The number of hydrogen-bond acceptors (Lipinski definition) is 5. The van der Waals surface area contributed by atoms with Crippen molar-refractivity contribution >= 4 is 30.7 Å². The summed E-state index contributed by atoms with van der Waals surface area (Å²) >= 11 is 0. The number of nitrogens with two attached hydrogens (primary N) is 1. The summed E-state index contributed by atoms with van der Waals surface area (Å²) in [6, 6.07) is 3.54. The standard InChI is InChI=1S/C16H21N3O3.2ClH/c1-10-12(18-15(22-10)13-4-3-7-21-13)8-14(20)19-16(2,9-17)11-5-6-11;;/h3-4,7,11H,5-6,8-9,17H2,1-2H3,(H,19,20);2*1H. The summed E-state index contributed by atoms with van der Waals surface area (Å²) in [5, 5.41) is 3.06. The fraction of sp³-hybridized carbons (Fsp3) is 0.500. The molecule has 1 amide bonds. The monoisotopic (exact) mass is 375 g/mol. The maximum Gasteiger partial charge on any atom is 0.263 e. The largest absolute Gasteiger partial charge is 0.459 e. The van der Waals surface area contributed by atoms with E-state index in [1.165, 1.54) is 0 Å². The predicted octanol–water partition coefficient (Wildman–Crippen LogP) is 2.87. The Labute approximate surface area is 153 Å².